The minimum atomic E-state index is -1.56. The summed E-state index contributed by atoms with van der Waals surface area (Å²) < 4.78 is 13.2. The number of carboxylic acid groups (broad SMARTS) is 1. The maximum atomic E-state index is 12.9. The molecule has 0 aromatic heterocycles. The van der Waals surface area contributed by atoms with E-state index in [0.29, 0.717) is 10.0 Å². The van der Waals surface area contributed by atoms with Crippen LogP contribution in [0.25, 0.3) is 0 Å². The zero-order chi connectivity index (χ0) is 12.5. The van der Waals surface area contributed by atoms with Crippen molar-refractivity contribution < 1.29 is 19.4 Å². The summed E-state index contributed by atoms with van der Waals surface area (Å²) >= 11 is 3.11. The third-order valence-electron chi connectivity index (χ3n) is 2.69. The van der Waals surface area contributed by atoms with Crippen molar-refractivity contribution in [2.45, 2.75) is 19.4 Å². The van der Waals surface area contributed by atoms with Gasteiger partial charge in [0, 0.05) is 4.47 Å². The monoisotopic (exact) mass is 290 g/mol. The van der Waals surface area contributed by atoms with Crippen LogP contribution in [0.15, 0.2) is 22.7 Å². The lowest BCUT2D eigenvalue weighted by molar-refractivity contribution is -0.150. The molecule has 0 fully saturated rings. The summed E-state index contributed by atoms with van der Waals surface area (Å²) in [6, 6.07) is 3.75. The Bertz CT molecular complexity index is 418. The van der Waals surface area contributed by atoms with Crippen molar-refractivity contribution in [1.82, 2.24) is 0 Å². The van der Waals surface area contributed by atoms with Gasteiger partial charge in [-0.15, -0.1) is 0 Å². The van der Waals surface area contributed by atoms with Crippen LogP contribution in [0.3, 0.4) is 0 Å². The summed E-state index contributed by atoms with van der Waals surface area (Å²) in [7, 11) is 0. The van der Waals surface area contributed by atoms with Gasteiger partial charge < -0.3 is 10.2 Å². The second-order valence-corrected chi connectivity index (χ2v) is 4.69. The van der Waals surface area contributed by atoms with Crippen molar-refractivity contribution in [2.75, 3.05) is 0 Å². The highest BCUT2D eigenvalue weighted by Crippen LogP contribution is 2.34. The van der Waals surface area contributed by atoms with Crippen molar-refractivity contribution in [3.8, 4) is 0 Å². The van der Waals surface area contributed by atoms with E-state index in [-0.39, 0.29) is 0 Å². The number of rotatable bonds is 3. The molecule has 0 heterocycles. The molecule has 0 aliphatic rings. The van der Waals surface area contributed by atoms with E-state index in [1.807, 2.05) is 0 Å². The van der Waals surface area contributed by atoms with E-state index in [0.717, 1.165) is 0 Å². The minimum Gasteiger partial charge on any atom is -0.481 e. The van der Waals surface area contributed by atoms with Crippen LogP contribution < -0.4 is 0 Å². The predicted molar refractivity (Wildman–Crippen MR) is 60.5 cm³/mol. The molecule has 2 unspecified atom stereocenters. The minimum absolute atomic E-state index is 0.351. The van der Waals surface area contributed by atoms with Crippen molar-refractivity contribution in [3.05, 3.63) is 34.1 Å². The molecule has 1 aromatic rings. The van der Waals surface area contributed by atoms with Crippen LogP contribution >= 0.6 is 15.9 Å². The van der Waals surface area contributed by atoms with E-state index < -0.39 is 23.3 Å². The second-order valence-electron chi connectivity index (χ2n) is 3.83. The molecule has 5 heteroatoms. The van der Waals surface area contributed by atoms with Gasteiger partial charge in [0.15, 0.2) is 0 Å². The number of halogens is 2. The van der Waals surface area contributed by atoms with Gasteiger partial charge in [0.2, 0.25) is 0 Å². The summed E-state index contributed by atoms with van der Waals surface area (Å²) in [4.78, 5) is 10.8. The maximum absolute atomic E-state index is 12.9. The molecule has 0 saturated heterocycles. The maximum Gasteiger partial charge on any atom is 0.309 e. The first kappa shape index (κ1) is 13.1. The number of hydrogen-bond acceptors (Lipinski definition) is 2. The van der Waals surface area contributed by atoms with Gasteiger partial charge in [-0.05, 0) is 31.5 Å². The van der Waals surface area contributed by atoms with Crippen LogP contribution in [0.1, 0.15) is 19.4 Å². The first-order valence-electron chi connectivity index (χ1n) is 4.67. The molecular weight excluding hydrogens is 279 g/mol. The summed E-state index contributed by atoms with van der Waals surface area (Å²) in [5, 5.41) is 19.0. The van der Waals surface area contributed by atoms with Crippen LogP contribution in [-0.4, -0.2) is 16.2 Å². The van der Waals surface area contributed by atoms with Crippen molar-refractivity contribution in [3.63, 3.8) is 0 Å². The Kier molecular flexibility index (Phi) is 3.70. The normalized spacial score (nSPS) is 16.6. The number of benzene rings is 1. The lowest BCUT2D eigenvalue weighted by Gasteiger charge is -2.28. The smallest absolute Gasteiger partial charge is 0.309 e. The fourth-order valence-corrected chi connectivity index (χ4v) is 2.13. The number of carboxylic acids is 1. The highest BCUT2D eigenvalue weighted by Gasteiger charge is 2.36. The van der Waals surface area contributed by atoms with Gasteiger partial charge in [-0.2, -0.15) is 0 Å². The van der Waals surface area contributed by atoms with Crippen molar-refractivity contribution >= 4 is 21.9 Å². The average molecular weight is 291 g/mol. The Morgan fingerprint density at radius 1 is 1.56 bits per heavy atom. The van der Waals surface area contributed by atoms with Gasteiger partial charge in [-0.1, -0.05) is 22.0 Å². The largest absolute Gasteiger partial charge is 0.481 e. The van der Waals surface area contributed by atoms with Gasteiger partial charge >= 0.3 is 5.97 Å². The number of hydrogen-bond donors (Lipinski definition) is 2. The average Bonchev–Trinajstić information content (AvgIpc) is 2.15. The molecule has 2 atom stereocenters. The zero-order valence-corrected chi connectivity index (χ0v) is 10.5. The van der Waals surface area contributed by atoms with Gasteiger partial charge in [0.05, 0.1) is 5.92 Å². The molecule has 0 aliphatic carbocycles. The fourth-order valence-electron chi connectivity index (χ4n) is 1.37. The molecule has 0 saturated carbocycles. The molecule has 3 nitrogen and oxygen atoms in total. The Morgan fingerprint density at radius 2 is 2.12 bits per heavy atom. The molecule has 16 heavy (non-hydrogen) atoms. The summed E-state index contributed by atoms with van der Waals surface area (Å²) in [5.41, 5.74) is -1.21. The molecule has 1 aromatic carbocycles. The molecule has 1 rings (SSSR count). The molecule has 0 amide bonds. The zero-order valence-electron chi connectivity index (χ0n) is 8.87. The highest BCUT2D eigenvalue weighted by molar-refractivity contribution is 9.10. The number of aliphatic carboxylic acids is 1. The van der Waals surface area contributed by atoms with Gasteiger partial charge in [0.1, 0.15) is 11.4 Å². The molecule has 2 N–H and O–H groups in total. The first-order valence-corrected chi connectivity index (χ1v) is 5.47. The molecule has 0 aliphatic heterocycles. The number of aliphatic hydroxyl groups is 1. The van der Waals surface area contributed by atoms with Crippen LogP contribution in [-0.2, 0) is 10.4 Å². The Morgan fingerprint density at radius 3 is 2.56 bits per heavy atom. The highest BCUT2D eigenvalue weighted by atomic mass is 79.9. The summed E-state index contributed by atoms with van der Waals surface area (Å²) in [6.45, 7) is 2.79. The third kappa shape index (κ3) is 2.41. The third-order valence-corrected chi connectivity index (χ3v) is 3.35. The Labute approximate surface area is 101 Å². The number of carbonyl (C=O) groups is 1. The van der Waals surface area contributed by atoms with Crippen LogP contribution in [0.5, 0.6) is 0 Å². The standard InChI is InChI=1S/C11H12BrFO3/c1-6(10(14)15)11(2,16)8-4-3-7(13)5-9(8)12/h3-6,16H,1-2H3,(H,14,15). The van der Waals surface area contributed by atoms with E-state index >= 15 is 0 Å². The van der Waals surface area contributed by atoms with Crippen LogP contribution in [0, 0.1) is 11.7 Å². The molecule has 0 radical (unpaired) electrons. The fraction of sp³-hybridized carbons (Fsp3) is 0.364. The van der Waals surface area contributed by atoms with E-state index in [1.165, 1.54) is 32.0 Å². The van der Waals surface area contributed by atoms with E-state index in [4.69, 9.17) is 5.11 Å². The molecule has 0 bridgehead atoms. The molecule has 0 spiro atoms. The molecule has 88 valence electrons. The Hall–Kier alpha value is -0.940. The van der Waals surface area contributed by atoms with E-state index in [9.17, 15) is 14.3 Å². The quantitative estimate of drug-likeness (QED) is 0.899. The topological polar surface area (TPSA) is 57.5 Å². The predicted octanol–water partition coefficient (Wildman–Crippen LogP) is 2.52. The summed E-state index contributed by atoms with van der Waals surface area (Å²) in [6.07, 6.45) is 0. The van der Waals surface area contributed by atoms with E-state index in [1.54, 1.807) is 0 Å². The van der Waals surface area contributed by atoms with Crippen molar-refractivity contribution in [2.24, 2.45) is 5.92 Å². The first-order chi connectivity index (χ1) is 7.26. The lowest BCUT2D eigenvalue weighted by Crippen LogP contribution is -2.35. The molecular formula is C11H12BrFO3. The van der Waals surface area contributed by atoms with Crippen molar-refractivity contribution in [1.29, 1.82) is 0 Å². The summed E-state index contributed by atoms with van der Waals surface area (Å²) in [5.74, 6) is -2.55. The Balaban J connectivity index is 3.21. The van der Waals surface area contributed by atoms with Gasteiger partial charge in [-0.3, -0.25) is 4.79 Å². The van der Waals surface area contributed by atoms with Gasteiger partial charge in [0.25, 0.3) is 0 Å². The van der Waals surface area contributed by atoms with Crippen LogP contribution in [0.4, 0.5) is 4.39 Å². The second kappa shape index (κ2) is 4.51. The SMILES string of the molecule is CC(C(=O)O)C(C)(O)c1ccc(F)cc1Br. The van der Waals surface area contributed by atoms with Crippen LogP contribution in [0.2, 0.25) is 0 Å². The van der Waals surface area contributed by atoms with E-state index in [2.05, 4.69) is 15.9 Å². The van der Waals surface area contributed by atoms with Gasteiger partial charge in [-0.25, -0.2) is 4.39 Å². The lowest BCUT2D eigenvalue weighted by atomic mass is 9.84.